The molecule has 1 unspecified atom stereocenters. The van der Waals surface area contributed by atoms with Crippen molar-refractivity contribution in [3.05, 3.63) is 59.7 Å². The Balaban J connectivity index is 2.02. The van der Waals surface area contributed by atoms with Gasteiger partial charge in [-0.1, -0.05) is 37.6 Å². The van der Waals surface area contributed by atoms with Crippen molar-refractivity contribution in [3.63, 3.8) is 0 Å². The van der Waals surface area contributed by atoms with Gasteiger partial charge in [-0.3, -0.25) is 4.79 Å². The van der Waals surface area contributed by atoms with E-state index < -0.39 is 0 Å². The lowest BCUT2D eigenvalue weighted by atomic mass is 10.0. The number of carbonyl (C=O) groups is 1. The van der Waals surface area contributed by atoms with Gasteiger partial charge < -0.3 is 14.4 Å². The van der Waals surface area contributed by atoms with Crippen molar-refractivity contribution in [2.75, 3.05) is 33.6 Å². The molecule has 0 fully saturated rings. The van der Waals surface area contributed by atoms with E-state index in [1.807, 2.05) is 48.0 Å². The van der Waals surface area contributed by atoms with Crippen molar-refractivity contribution in [3.8, 4) is 11.5 Å². The van der Waals surface area contributed by atoms with E-state index in [0.29, 0.717) is 6.42 Å². The second-order valence-corrected chi connectivity index (χ2v) is 8.41. The Labute approximate surface area is 179 Å². The minimum Gasteiger partial charge on any atom is -0.497 e. The molecule has 1 amide bonds. The first-order chi connectivity index (χ1) is 14.1. The van der Waals surface area contributed by atoms with Gasteiger partial charge in [0.25, 0.3) is 0 Å². The highest BCUT2D eigenvalue weighted by molar-refractivity contribution is 7.99. The third-order valence-corrected chi connectivity index (χ3v) is 6.26. The second kappa shape index (κ2) is 12.4. The Morgan fingerprint density at radius 2 is 1.59 bits per heavy atom. The van der Waals surface area contributed by atoms with Crippen LogP contribution >= 0.6 is 11.8 Å². The van der Waals surface area contributed by atoms with Crippen LogP contribution in [0.2, 0.25) is 0 Å². The molecule has 0 aliphatic carbocycles. The number of thioether (sulfide) groups is 1. The average molecular weight is 416 g/mol. The van der Waals surface area contributed by atoms with E-state index in [1.165, 1.54) is 11.1 Å². The fraction of sp³-hybridized carbons (Fsp3) is 0.458. The molecule has 0 saturated carbocycles. The lowest BCUT2D eigenvalue weighted by Crippen LogP contribution is -2.27. The molecule has 0 aliphatic heterocycles. The van der Waals surface area contributed by atoms with Gasteiger partial charge in [-0.05, 0) is 48.2 Å². The molecule has 2 rings (SSSR count). The molecule has 4 nitrogen and oxygen atoms in total. The van der Waals surface area contributed by atoms with Crippen LogP contribution in [0.3, 0.4) is 0 Å². The number of ether oxygens (including phenoxy) is 2. The van der Waals surface area contributed by atoms with Gasteiger partial charge in [0.05, 0.1) is 14.2 Å². The zero-order valence-corrected chi connectivity index (χ0v) is 18.8. The lowest BCUT2D eigenvalue weighted by molar-refractivity contribution is -0.129. The van der Waals surface area contributed by atoms with Gasteiger partial charge in [-0.15, -0.1) is 0 Å². The topological polar surface area (TPSA) is 38.8 Å². The number of hydrogen-bond acceptors (Lipinski definition) is 4. The SMILES string of the molecule is CCCCN(C)C(=O)CCSC(Cc1ccc(OC)cc1)c1ccc(OC)cc1. The summed E-state index contributed by atoms with van der Waals surface area (Å²) in [5.74, 6) is 2.75. The standard InChI is InChI=1S/C24H33NO3S/c1-5-6-16-25(2)24(26)15-17-29-23(20-9-13-22(28-4)14-10-20)18-19-7-11-21(27-3)12-8-19/h7-14,23H,5-6,15-18H2,1-4H3. The number of benzene rings is 2. The molecule has 0 heterocycles. The highest BCUT2D eigenvalue weighted by Crippen LogP contribution is 2.34. The van der Waals surface area contributed by atoms with Gasteiger partial charge in [0.15, 0.2) is 0 Å². The molecule has 5 heteroatoms. The molecule has 2 aromatic carbocycles. The molecule has 0 bridgehead atoms. The average Bonchev–Trinajstić information content (AvgIpc) is 2.77. The van der Waals surface area contributed by atoms with E-state index in [0.717, 1.165) is 43.1 Å². The molecule has 2 aromatic rings. The lowest BCUT2D eigenvalue weighted by Gasteiger charge is -2.20. The van der Waals surface area contributed by atoms with Crippen molar-refractivity contribution < 1.29 is 14.3 Å². The second-order valence-electron chi connectivity index (χ2n) is 7.10. The molecule has 1 atom stereocenters. The van der Waals surface area contributed by atoms with Crippen LogP contribution in [0.5, 0.6) is 11.5 Å². The van der Waals surface area contributed by atoms with Crippen LogP contribution in [-0.4, -0.2) is 44.4 Å². The van der Waals surface area contributed by atoms with Crippen LogP contribution in [-0.2, 0) is 11.2 Å². The van der Waals surface area contributed by atoms with Crippen LogP contribution in [0.4, 0.5) is 0 Å². The summed E-state index contributed by atoms with van der Waals surface area (Å²) in [5.41, 5.74) is 2.50. The Morgan fingerprint density at radius 3 is 2.14 bits per heavy atom. The van der Waals surface area contributed by atoms with Crippen molar-refractivity contribution >= 4 is 17.7 Å². The minimum atomic E-state index is 0.226. The summed E-state index contributed by atoms with van der Waals surface area (Å²) >= 11 is 1.84. The molecular weight excluding hydrogens is 382 g/mol. The molecule has 0 saturated heterocycles. The summed E-state index contributed by atoms with van der Waals surface area (Å²) < 4.78 is 10.6. The zero-order chi connectivity index (χ0) is 21.1. The summed E-state index contributed by atoms with van der Waals surface area (Å²) in [5, 5.41) is 0.281. The molecule has 0 aliphatic rings. The van der Waals surface area contributed by atoms with Crippen LogP contribution in [0.15, 0.2) is 48.5 Å². The van der Waals surface area contributed by atoms with E-state index in [4.69, 9.17) is 9.47 Å². The predicted molar refractivity (Wildman–Crippen MR) is 122 cm³/mol. The smallest absolute Gasteiger partial charge is 0.223 e. The monoisotopic (exact) mass is 415 g/mol. The number of amides is 1. The summed E-state index contributed by atoms with van der Waals surface area (Å²) in [6, 6.07) is 16.5. The molecule has 29 heavy (non-hydrogen) atoms. The Bertz CT molecular complexity index is 731. The molecule has 0 N–H and O–H groups in total. The van der Waals surface area contributed by atoms with E-state index in [1.54, 1.807) is 14.2 Å². The van der Waals surface area contributed by atoms with Crippen molar-refractivity contribution in [2.24, 2.45) is 0 Å². The minimum absolute atomic E-state index is 0.226. The van der Waals surface area contributed by atoms with Gasteiger partial charge >= 0.3 is 0 Å². The zero-order valence-electron chi connectivity index (χ0n) is 18.0. The van der Waals surface area contributed by atoms with Crippen LogP contribution in [0.1, 0.15) is 42.6 Å². The number of unbranched alkanes of at least 4 members (excludes halogenated alkanes) is 1. The van der Waals surface area contributed by atoms with E-state index in [2.05, 4.69) is 31.2 Å². The summed E-state index contributed by atoms with van der Waals surface area (Å²) in [6.45, 7) is 2.99. The van der Waals surface area contributed by atoms with E-state index >= 15 is 0 Å². The first-order valence-electron chi connectivity index (χ1n) is 10.2. The van der Waals surface area contributed by atoms with Gasteiger partial charge in [0, 0.05) is 31.0 Å². The van der Waals surface area contributed by atoms with Crippen molar-refractivity contribution in [1.29, 1.82) is 0 Å². The Kier molecular flexibility index (Phi) is 9.92. The maximum absolute atomic E-state index is 12.4. The normalized spacial score (nSPS) is 11.7. The van der Waals surface area contributed by atoms with Gasteiger partial charge in [0.2, 0.25) is 5.91 Å². The Morgan fingerprint density at radius 1 is 1.00 bits per heavy atom. The number of carbonyl (C=O) groups excluding carboxylic acids is 1. The summed E-state index contributed by atoms with van der Waals surface area (Å²) in [7, 11) is 5.26. The fourth-order valence-electron chi connectivity index (χ4n) is 3.07. The van der Waals surface area contributed by atoms with Crippen LogP contribution < -0.4 is 9.47 Å². The largest absolute Gasteiger partial charge is 0.497 e. The van der Waals surface area contributed by atoms with Crippen molar-refractivity contribution in [2.45, 2.75) is 37.9 Å². The molecule has 0 radical (unpaired) electrons. The van der Waals surface area contributed by atoms with Crippen LogP contribution in [0.25, 0.3) is 0 Å². The molecule has 0 aromatic heterocycles. The number of nitrogens with zero attached hydrogens (tertiary/aromatic N) is 1. The number of rotatable bonds is 12. The predicted octanol–water partition coefficient (Wildman–Crippen LogP) is 5.37. The molecular formula is C24H33NO3S. The summed E-state index contributed by atoms with van der Waals surface area (Å²) in [4.78, 5) is 14.2. The van der Waals surface area contributed by atoms with Gasteiger partial charge in [-0.25, -0.2) is 0 Å². The Hall–Kier alpha value is -2.14. The van der Waals surface area contributed by atoms with Crippen LogP contribution in [0, 0.1) is 0 Å². The highest BCUT2D eigenvalue weighted by atomic mass is 32.2. The molecule has 158 valence electrons. The quantitative estimate of drug-likeness (QED) is 0.467. The maximum Gasteiger partial charge on any atom is 0.223 e. The molecule has 0 spiro atoms. The fourth-order valence-corrected chi connectivity index (χ4v) is 4.30. The van der Waals surface area contributed by atoms with E-state index in [-0.39, 0.29) is 11.2 Å². The first kappa shape index (κ1) is 23.1. The maximum atomic E-state index is 12.4. The third kappa shape index (κ3) is 7.65. The summed E-state index contributed by atoms with van der Waals surface area (Å²) in [6.07, 6.45) is 3.64. The number of methoxy groups -OCH3 is 2. The third-order valence-electron chi connectivity index (χ3n) is 4.98. The van der Waals surface area contributed by atoms with Gasteiger partial charge in [0.1, 0.15) is 11.5 Å². The van der Waals surface area contributed by atoms with Gasteiger partial charge in [-0.2, -0.15) is 11.8 Å². The highest BCUT2D eigenvalue weighted by Gasteiger charge is 2.16. The first-order valence-corrected chi connectivity index (χ1v) is 11.2. The van der Waals surface area contributed by atoms with E-state index in [9.17, 15) is 4.79 Å². The number of hydrogen-bond donors (Lipinski definition) is 0. The van der Waals surface area contributed by atoms with Crippen molar-refractivity contribution in [1.82, 2.24) is 4.90 Å².